The number of Topliss-reactive ketones (excluding diaryl/α,β-unsaturated/α-hetero) is 1. The maximum atomic E-state index is 12.0. The fourth-order valence-electron chi connectivity index (χ4n) is 1.76. The van der Waals surface area contributed by atoms with Gasteiger partial charge < -0.3 is 4.74 Å². The number of rotatable bonds is 2. The van der Waals surface area contributed by atoms with Crippen LogP contribution in [0.3, 0.4) is 0 Å². The summed E-state index contributed by atoms with van der Waals surface area (Å²) in [6.45, 7) is 7.63. The van der Waals surface area contributed by atoms with Crippen LogP contribution in [0, 0.1) is 5.92 Å². The SMILES string of the molecule is CC(C)(C)c1cccc(C(=O)C2COC2)c1. The zero-order valence-corrected chi connectivity index (χ0v) is 10.1. The summed E-state index contributed by atoms with van der Waals surface area (Å²) in [6.07, 6.45) is 0. The molecule has 0 aliphatic carbocycles. The van der Waals surface area contributed by atoms with E-state index in [2.05, 4.69) is 26.8 Å². The topological polar surface area (TPSA) is 26.3 Å². The van der Waals surface area contributed by atoms with Gasteiger partial charge in [0.2, 0.25) is 0 Å². The molecule has 1 saturated heterocycles. The van der Waals surface area contributed by atoms with Crippen molar-refractivity contribution in [3.63, 3.8) is 0 Å². The second-order valence-electron chi connectivity index (χ2n) is 5.43. The summed E-state index contributed by atoms with van der Waals surface area (Å²) in [4.78, 5) is 12.0. The first-order valence-electron chi connectivity index (χ1n) is 5.71. The highest BCUT2D eigenvalue weighted by molar-refractivity contribution is 5.98. The number of ether oxygens (including phenoxy) is 1. The standard InChI is InChI=1S/C14H18O2/c1-14(2,3)12-6-4-5-10(7-12)13(15)11-8-16-9-11/h4-7,11H,8-9H2,1-3H3. The molecular formula is C14H18O2. The summed E-state index contributed by atoms with van der Waals surface area (Å²) in [5.74, 6) is 0.299. The van der Waals surface area contributed by atoms with E-state index in [1.165, 1.54) is 5.56 Å². The molecule has 1 aliphatic heterocycles. The molecule has 1 aliphatic rings. The third-order valence-electron chi connectivity index (χ3n) is 3.02. The molecule has 1 aromatic rings. The third-order valence-corrected chi connectivity index (χ3v) is 3.02. The first-order chi connectivity index (χ1) is 7.48. The minimum absolute atomic E-state index is 0.0789. The lowest BCUT2D eigenvalue weighted by atomic mass is 9.84. The lowest BCUT2D eigenvalue weighted by molar-refractivity contribution is -0.0194. The number of carbonyl (C=O) groups excluding carboxylic acids is 1. The minimum atomic E-state index is 0.0789. The Balaban J connectivity index is 2.25. The molecule has 1 aromatic carbocycles. The van der Waals surface area contributed by atoms with E-state index < -0.39 is 0 Å². The molecule has 0 unspecified atom stereocenters. The predicted octanol–water partition coefficient (Wildman–Crippen LogP) is 2.81. The quantitative estimate of drug-likeness (QED) is 0.713. The van der Waals surface area contributed by atoms with Crippen molar-refractivity contribution < 1.29 is 9.53 Å². The highest BCUT2D eigenvalue weighted by Gasteiger charge is 2.27. The van der Waals surface area contributed by atoms with Gasteiger partial charge in [-0.2, -0.15) is 0 Å². The lowest BCUT2D eigenvalue weighted by Gasteiger charge is -2.25. The van der Waals surface area contributed by atoms with Crippen LogP contribution < -0.4 is 0 Å². The number of benzene rings is 1. The van der Waals surface area contributed by atoms with E-state index in [9.17, 15) is 4.79 Å². The normalized spacial score (nSPS) is 16.9. The summed E-state index contributed by atoms with van der Waals surface area (Å²) in [7, 11) is 0. The Morgan fingerprint density at radius 3 is 2.50 bits per heavy atom. The van der Waals surface area contributed by atoms with E-state index in [1.54, 1.807) is 0 Å². The fourth-order valence-corrected chi connectivity index (χ4v) is 1.76. The van der Waals surface area contributed by atoms with Crippen molar-refractivity contribution in [2.75, 3.05) is 13.2 Å². The smallest absolute Gasteiger partial charge is 0.170 e. The average molecular weight is 218 g/mol. The van der Waals surface area contributed by atoms with E-state index in [0.717, 1.165) is 5.56 Å². The molecule has 0 radical (unpaired) electrons. The Morgan fingerprint density at radius 2 is 2.00 bits per heavy atom. The van der Waals surface area contributed by atoms with Crippen LogP contribution in [-0.4, -0.2) is 19.0 Å². The third kappa shape index (κ3) is 2.17. The van der Waals surface area contributed by atoms with Gasteiger partial charge in [-0.3, -0.25) is 4.79 Å². The van der Waals surface area contributed by atoms with Crippen molar-refractivity contribution >= 4 is 5.78 Å². The van der Waals surface area contributed by atoms with Gasteiger partial charge in [0.1, 0.15) is 0 Å². The van der Waals surface area contributed by atoms with Crippen molar-refractivity contribution in [1.82, 2.24) is 0 Å². The second-order valence-corrected chi connectivity index (χ2v) is 5.43. The molecule has 16 heavy (non-hydrogen) atoms. The Bertz CT molecular complexity index is 397. The largest absolute Gasteiger partial charge is 0.380 e. The van der Waals surface area contributed by atoms with E-state index >= 15 is 0 Å². The maximum absolute atomic E-state index is 12.0. The van der Waals surface area contributed by atoms with Gasteiger partial charge in [-0.05, 0) is 17.0 Å². The first-order valence-corrected chi connectivity index (χ1v) is 5.71. The zero-order valence-electron chi connectivity index (χ0n) is 10.1. The van der Waals surface area contributed by atoms with E-state index in [0.29, 0.717) is 13.2 Å². The molecule has 0 saturated carbocycles. The van der Waals surface area contributed by atoms with Crippen molar-refractivity contribution in [2.45, 2.75) is 26.2 Å². The fraction of sp³-hybridized carbons (Fsp3) is 0.500. The van der Waals surface area contributed by atoms with Crippen LogP contribution >= 0.6 is 0 Å². The summed E-state index contributed by atoms with van der Waals surface area (Å²) >= 11 is 0. The highest BCUT2D eigenvalue weighted by Crippen LogP contribution is 2.24. The molecule has 0 bridgehead atoms. The maximum Gasteiger partial charge on any atom is 0.170 e. The molecule has 1 fully saturated rings. The van der Waals surface area contributed by atoms with Crippen LogP contribution in [0.2, 0.25) is 0 Å². The summed E-state index contributed by atoms with van der Waals surface area (Å²) in [6, 6.07) is 7.96. The Morgan fingerprint density at radius 1 is 1.31 bits per heavy atom. The van der Waals surface area contributed by atoms with Gasteiger partial charge in [-0.25, -0.2) is 0 Å². The summed E-state index contributed by atoms with van der Waals surface area (Å²) < 4.78 is 5.05. The van der Waals surface area contributed by atoms with Crippen molar-refractivity contribution in [3.8, 4) is 0 Å². The molecule has 0 aromatic heterocycles. The van der Waals surface area contributed by atoms with Crippen LogP contribution in [0.1, 0.15) is 36.7 Å². The highest BCUT2D eigenvalue weighted by atomic mass is 16.5. The molecular weight excluding hydrogens is 200 g/mol. The number of ketones is 1. The van der Waals surface area contributed by atoms with Crippen LogP contribution in [0.5, 0.6) is 0 Å². The van der Waals surface area contributed by atoms with E-state index in [1.807, 2.05) is 18.2 Å². The molecule has 1 heterocycles. The van der Waals surface area contributed by atoms with Crippen molar-refractivity contribution in [2.24, 2.45) is 5.92 Å². The van der Waals surface area contributed by atoms with Crippen LogP contribution in [0.4, 0.5) is 0 Å². The Labute approximate surface area is 96.6 Å². The monoisotopic (exact) mass is 218 g/mol. The molecule has 2 heteroatoms. The van der Waals surface area contributed by atoms with E-state index in [-0.39, 0.29) is 17.1 Å². The summed E-state index contributed by atoms with van der Waals surface area (Å²) in [5.41, 5.74) is 2.12. The molecule has 0 atom stereocenters. The molecule has 2 rings (SSSR count). The zero-order chi connectivity index (χ0) is 11.8. The molecule has 0 amide bonds. The number of carbonyl (C=O) groups is 1. The molecule has 0 N–H and O–H groups in total. The van der Waals surface area contributed by atoms with Gasteiger partial charge in [0.25, 0.3) is 0 Å². The second kappa shape index (κ2) is 4.02. The summed E-state index contributed by atoms with van der Waals surface area (Å²) in [5, 5.41) is 0. The van der Waals surface area contributed by atoms with Crippen LogP contribution in [-0.2, 0) is 10.2 Å². The average Bonchev–Trinajstić information content (AvgIpc) is 2.14. The minimum Gasteiger partial charge on any atom is -0.380 e. The van der Waals surface area contributed by atoms with Gasteiger partial charge >= 0.3 is 0 Å². The van der Waals surface area contributed by atoms with Gasteiger partial charge in [0.15, 0.2) is 5.78 Å². The first kappa shape index (κ1) is 11.3. The lowest BCUT2D eigenvalue weighted by Crippen LogP contribution is -2.34. The van der Waals surface area contributed by atoms with Crippen LogP contribution in [0.25, 0.3) is 0 Å². The molecule has 0 spiro atoms. The van der Waals surface area contributed by atoms with Gasteiger partial charge in [0, 0.05) is 5.56 Å². The Kier molecular flexibility index (Phi) is 2.85. The Hall–Kier alpha value is -1.15. The van der Waals surface area contributed by atoms with Crippen molar-refractivity contribution in [3.05, 3.63) is 35.4 Å². The van der Waals surface area contributed by atoms with Gasteiger partial charge in [-0.1, -0.05) is 39.0 Å². The molecule has 86 valence electrons. The van der Waals surface area contributed by atoms with Crippen molar-refractivity contribution in [1.29, 1.82) is 0 Å². The number of hydrogen-bond donors (Lipinski definition) is 0. The predicted molar refractivity (Wildman–Crippen MR) is 63.8 cm³/mol. The van der Waals surface area contributed by atoms with Gasteiger partial charge in [0.05, 0.1) is 19.1 Å². The van der Waals surface area contributed by atoms with Gasteiger partial charge in [-0.15, -0.1) is 0 Å². The molecule has 2 nitrogen and oxygen atoms in total. The van der Waals surface area contributed by atoms with E-state index in [4.69, 9.17) is 4.74 Å². The van der Waals surface area contributed by atoms with Crippen LogP contribution in [0.15, 0.2) is 24.3 Å². The number of hydrogen-bond acceptors (Lipinski definition) is 2.